The van der Waals surface area contributed by atoms with E-state index >= 15 is 0 Å². The number of benzene rings is 4. The van der Waals surface area contributed by atoms with Crippen molar-refractivity contribution in [2.45, 2.75) is 37.5 Å². The number of allylic oxidation sites excluding steroid dienone is 5. The highest BCUT2D eigenvalue weighted by atomic mass is 16.5. The van der Waals surface area contributed by atoms with Crippen LogP contribution in [-0.2, 0) is 6.42 Å². The molecule has 0 spiro atoms. The molecule has 4 nitrogen and oxygen atoms in total. The molecule has 1 aliphatic heterocycles. The molecule has 10 rings (SSSR count). The number of ether oxygens (including phenoxy) is 1. The van der Waals surface area contributed by atoms with Crippen LogP contribution in [0.2, 0.25) is 0 Å². The first-order chi connectivity index (χ1) is 23.8. The van der Waals surface area contributed by atoms with Crippen LogP contribution < -0.4 is 15.3 Å². The fraction of sp³-hybridized carbons (Fsp3) is 0.136. The van der Waals surface area contributed by atoms with Crippen LogP contribution in [0.15, 0.2) is 127 Å². The van der Waals surface area contributed by atoms with Gasteiger partial charge in [-0.2, -0.15) is 0 Å². The van der Waals surface area contributed by atoms with E-state index in [4.69, 9.17) is 14.7 Å². The minimum Gasteiger partial charge on any atom is -0.461 e. The van der Waals surface area contributed by atoms with E-state index in [1.807, 2.05) is 0 Å². The Hall–Kier alpha value is -5.74. The molecule has 2 unspecified atom stereocenters. The highest BCUT2D eigenvalue weighted by Gasteiger charge is 2.35. The Morgan fingerprint density at radius 3 is 2.35 bits per heavy atom. The first kappa shape index (κ1) is 27.4. The van der Waals surface area contributed by atoms with Crippen LogP contribution in [0.3, 0.4) is 0 Å². The minimum atomic E-state index is 0.102. The summed E-state index contributed by atoms with van der Waals surface area (Å²) in [6.07, 6.45) is 17.6. The average Bonchev–Trinajstić information content (AvgIpc) is 3.68. The summed E-state index contributed by atoms with van der Waals surface area (Å²) in [6, 6.07) is 36.6. The van der Waals surface area contributed by atoms with Gasteiger partial charge in [0, 0.05) is 39.4 Å². The van der Waals surface area contributed by atoms with E-state index in [9.17, 15) is 0 Å². The molecule has 230 valence electrons. The van der Waals surface area contributed by atoms with E-state index in [0.29, 0.717) is 0 Å². The Kier molecular flexibility index (Phi) is 6.23. The average molecular weight is 620 g/mol. The second-order valence-electron chi connectivity index (χ2n) is 13.1. The molecule has 0 fully saturated rings. The fourth-order valence-electron chi connectivity index (χ4n) is 7.98. The maximum atomic E-state index is 6.39. The zero-order valence-electron chi connectivity index (χ0n) is 26.5. The van der Waals surface area contributed by atoms with Crippen LogP contribution >= 0.6 is 0 Å². The number of rotatable bonds is 4. The largest absolute Gasteiger partial charge is 0.461 e. The molecule has 2 atom stereocenters. The van der Waals surface area contributed by atoms with Crippen molar-refractivity contribution in [1.29, 1.82) is 0 Å². The number of hydrogen-bond acceptors (Lipinski definition) is 3. The molecule has 0 amide bonds. The lowest BCUT2D eigenvalue weighted by Gasteiger charge is -2.21. The molecule has 3 heterocycles. The van der Waals surface area contributed by atoms with Crippen molar-refractivity contribution in [3.05, 3.63) is 160 Å². The van der Waals surface area contributed by atoms with Crippen LogP contribution in [0.25, 0.3) is 57.2 Å². The molecule has 6 aromatic rings. The van der Waals surface area contributed by atoms with Crippen LogP contribution in [0, 0.1) is 0 Å². The molecule has 0 saturated heterocycles. The lowest BCUT2D eigenvalue weighted by atomic mass is 9.86. The molecule has 0 radical (unpaired) electrons. The normalized spacial score (nSPS) is 18.8. The number of para-hydroxylation sites is 2. The molecular weight excluding hydrogens is 587 g/mol. The Morgan fingerprint density at radius 2 is 1.48 bits per heavy atom. The predicted octanol–water partition coefficient (Wildman–Crippen LogP) is 8.78. The Balaban J connectivity index is 1.01. The Labute approximate surface area is 279 Å². The summed E-state index contributed by atoms with van der Waals surface area (Å²) < 4.78 is 8.81. The van der Waals surface area contributed by atoms with E-state index < -0.39 is 0 Å². The third-order valence-electron chi connectivity index (χ3n) is 10.4. The number of fused-ring (bicyclic) bond motifs is 7. The maximum absolute atomic E-state index is 6.39. The molecule has 0 saturated carbocycles. The van der Waals surface area contributed by atoms with Crippen molar-refractivity contribution in [3.8, 4) is 28.1 Å². The van der Waals surface area contributed by atoms with Crippen molar-refractivity contribution in [1.82, 2.24) is 14.5 Å². The van der Waals surface area contributed by atoms with Gasteiger partial charge in [-0.3, -0.25) is 0 Å². The summed E-state index contributed by atoms with van der Waals surface area (Å²) in [5.74, 6) is 3.29. The van der Waals surface area contributed by atoms with Crippen molar-refractivity contribution in [3.63, 3.8) is 0 Å². The molecule has 48 heavy (non-hydrogen) atoms. The van der Waals surface area contributed by atoms with Gasteiger partial charge >= 0.3 is 0 Å². The summed E-state index contributed by atoms with van der Waals surface area (Å²) in [5, 5.41) is 3.53. The zero-order chi connectivity index (χ0) is 31.6. The topological polar surface area (TPSA) is 39.9 Å². The predicted molar refractivity (Wildman–Crippen MR) is 195 cm³/mol. The molecule has 2 aromatic heterocycles. The zero-order valence-corrected chi connectivity index (χ0v) is 26.5. The third kappa shape index (κ3) is 4.36. The molecule has 0 N–H and O–H groups in total. The second-order valence-corrected chi connectivity index (χ2v) is 13.1. The van der Waals surface area contributed by atoms with Gasteiger partial charge in [0.2, 0.25) is 0 Å². The Bertz CT molecular complexity index is 2480. The quantitative estimate of drug-likeness (QED) is 0.198. The van der Waals surface area contributed by atoms with Gasteiger partial charge in [-0.05, 0) is 60.6 Å². The van der Waals surface area contributed by atoms with Gasteiger partial charge < -0.3 is 9.30 Å². The lowest BCUT2D eigenvalue weighted by molar-refractivity contribution is 0.429. The molecule has 0 bridgehead atoms. The third-order valence-corrected chi connectivity index (χ3v) is 10.4. The van der Waals surface area contributed by atoms with E-state index in [1.54, 1.807) is 0 Å². The summed E-state index contributed by atoms with van der Waals surface area (Å²) in [6.45, 7) is 0. The molecular formula is C44H33N3O. The second kappa shape index (κ2) is 10.9. The maximum Gasteiger partial charge on any atom is 0.136 e. The molecule has 4 aromatic carbocycles. The van der Waals surface area contributed by atoms with Crippen molar-refractivity contribution < 1.29 is 4.74 Å². The monoisotopic (exact) mass is 619 g/mol. The first-order valence-electron chi connectivity index (χ1n) is 17.0. The van der Waals surface area contributed by atoms with Gasteiger partial charge in [-0.15, -0.1) is 0 Å². The Morgan fingerprint density at radius 1 is 0.708 bits per heavy atom. The molecule has 3 aliphatic carbocycles. The van der Waals surface area contributed by atoms with E-state index in [0.717, 1.165) is 64.8 Å². The van der Waals surface area contributed by atoms with Crippen molar-refractivity contribution in [2.75, 3.05) is 0 Å². The smallest absolute Gasteiger partial charge is 0.136 e. The van der Waals surface area contributed by atoms with Gasteiger partial charge in [0.1, 0.15) is 17.3 Å². The number of hydrogen-bond donors (Lipinski definition) is 0. The van der Waals surface area contributed by atoms with Crippen LogP contribution in [-0.4, -0.2) is 14.5 Å². The molecule has 4 aliphatic rings. The summed E-state index contributed by atoms with van der Waals surface area (Å²) >= 11 is 0. The lowest BCUT2D eigenvalue weighted by Crippen LogP contribution is -2.35. The summed E-state index contributed by atoms with van der Waals surface area (Å²) in [4.78, 5) is 10.4. The summed E-state index contributed by atoms with van der Waals surface area (Å²) in [5.41, 5.74) is 10.9. The van der Waals surface area contributed by atoms with Crippen molar-refractivity contribution in [2.24, 2.45) is 0 Å². The van der Waals surface area contributed by atoms with E-state index in [2.05, 4.69) is 144 Å². The van der Waals surface area contributed by atoms with Crippen LogP contribution in [0.4, 0.5) is 0 Å². The number of aromatic nitrogens is 3. The van der Waals surface area contributed by atoms with Gasteiger partial charge in [-0.25, -0.2) is 9.97 Å². The fourth-order valence-corrected chi connectivity index (χ4v) is 7.98. The van der Waals surface area contributed by atoms with Gasteiger partial charge in [0.05, 0.1) is 28.2 Å². The first-order valence-corrected chi connectivity index (χ1v) is 17.0. The number of nitrogens with zero attached hydrogens (tertiary/aromatic N) is 3. The van der Waals surface area contributed by atoms with Crippen LogP contribution in [0.1, 0.15) is 53.7 Å². The van der Waals surface area contributed by atoms with Gasteiger partial charge in [0.15, 0.2) is 0 Å². The van der Waals surface area contributed by atoms with Crippen LogP contribution in [0.5, 0.6) is 5.75 Å². The highest BCUT2D eigenvalue weighted by Crippen LogP contribution is 2.48. The van der Waals surface area contributed by atoms with Crippen molar-refractivity contribution >= 4 is 34.8 Å². The SMILES string of the molecule is C1=CC(c2nc(-c3ccc(-c4ccccc4)cc3)c3c(n2)=CCCC=3)CC=C1n1c2c(c3ccccc31)CC1C(=C2)Oc2ccccc21. The van der Waals surface area contributed by atoms with Gasteiger partial charge in [-0.1, -0.05) is 115 Å². The van der Waals surface area contributed by atoms with Gasteiger partial charge in [0.25, 0.3) is 0 Å². The minimum absolute atomic E-state index is 0.102. The standard InChI is InChI=1S/C44H33N3O/c1-2-10-28(11-3-1)29-18-20-30(21-19-29)43-35-14-4-7-15-38(35)45-44(46-43)31-22-24-32(25-23-31)47-39-16-8-5-12-33(39)36-26-37-34-13-6-9-17-41(34)48-42(37)27-40(36)47/h1-3,5-6,8-22,24-25,27,31,37H,4,7,23,26H2. The summed E-state index contributed by atoms with van der Waals surface area (Å²) in [7, 11) is 0. The highest BCUT2D eigenvalue weighted by molar-refractivity contribution is 5.93. The van der Waals surface area contributed by atoms with E-state index in [-0.39, 0.29) is 11.8 Å². The van der Waals surface area contributed by atoms with E-state index in [1.165, 1.54) is 44.5 Å². The molecule has 4 heteroatoms.